The Hall–Kier alpha value is -2.41. The molecular formula is C15H18N4O3. The Labute approximate surface area is 128 Å². The molecule has 0 aromatic carbocycles. The number of amides is 1. The second-order valence-corrected chi connectivity index (χ2v) is 5.13. The van der Waals surface area contributed by atoms with Crippen molar-refractivity contribution in [2.24, 2.45) is 0 Å². The molecule has 3 heterocycles. The molecular weight excluding hydrogens is 284 g/mol. The summed E-state index contributed by atoms with van der Waals surface area (Å²) in [7, 11) is 1.63. The molecule has 2 aromatic rings. The minimum Gasteiger partial charge on any atom is -0.471 e. The van der Waals surface area contributed by atoms with Crippen molar-refractivity contribution in [3.63, 3.8) is 0 Å². The molecule has 22 heavy (non-hydrogen) atoms. The van der Waals surface area contributed by atoms with Gasteiger partial charge in [-0.05, 0) is 25.1 Å². The van der Waals surface area contributed by atoms with E-state index >= 15 is 0 Å². The Morgan fingerprint density at radius 3 is 3.18 bits per heavy atom. The van der Waals surface area contributed by atoms with Crippen molar-refractivity contribution in [2.45, 2.75) is 19.6 Å². The highest BCUT2D eigenvalue weighted by Crippen LogP contribution is 2.31. The van der Waals surface area contributed by atoms with Gasteiger partial charge in [0.15, 0.2) is 5.69 Å². The Balaban J connectivity index is 1.84. The quantitative estimate of drug-likeness (QED) is 0.852. The molecule has 2 aromatic heterocycles. The molecule has 0 saturated carbocycles. The van der Waals surface area contributed by atoms with Crippen LogP contribution in [0.25, 0.3) is 0 Å². The van der Waals surface area contributed by atoms with Crippen LogP contribution in [0.2, 0.25) is 0 Å². The molecule has 1 unspecified atom stereocenters. The van der Waals surface area contributed by atoms with E-state index in [0.717, 1.165) is 0 Å². The van der Waals surface area contributed by atoms with Gasteiger partial charge in [0.05, 0.1) is 19.7 Å². The lowest BCUT2D eigenvalue weighted by atomic mass is 10.2. The van der Waals surface area contributed by atoms with Gasteiger partial charge in [0, 0.05) is 19.5 Å². The molecule has 7 heteroatoms. The van der Waals surface area contributed by atoms with E-state index in [1.807, 2.05) is 13.0 Å². The van der Waals surface area contributed by atoms with Gasteiger partial charge < -0.3 is 9.47 Å². The van der Waals surface area contributed by atoms with Gasteiger partial charge in [-0.25, -0.2) is 4.98 Å². The normalized spacial score (nSPS) is 17.0. The Morgan fingerprint density at radius 1 is 1.50 bits per heavy atom. The SMILES string of the molecule is COCCn1ccc(C(=O)N2CC(C)Oc3ncccc32)n1. The van der Waals surface area contributed by atoms with Crippen LogP contribution < -0.4 is 9.64 Å². The van der Waals surface area contributed by atoms with Crippen molar-refractivity contribution in [1.29, 1.82) is 0 Å². The summed E-state index contributed by atoms with van der Waals surface area (Å²) in [6, 6.07) is 5.33. The topological polar surface area (TPSA) is 69.5 Å². The molecule has 0 spiro atoms. The summed E-state index contributed by atoms with van der Waals surface area (Å²) in [5.74, 6) is 0.328. The average molecular weight is 302 g/mol. The lowest BCUT2D eigenvalue weighted by Crippen LogP contribution is -2.42. The first-order valence-electron chi connectivity index (χ1n) is 7.15. The van der Waals surface area contributed by atoms with Crippen molar-refractivity contribution < 1.29 is 14.3 Å². The molecule has 0 N–H and O–H groups in total. The van der Waals surface area contributed by atoms with Crippen LogP contribution in [0.5, 0.6) is 5.88 Å². The van der Waals surface area contributed by atoms with Crippen LogP contribution >= 0.6 is 0 Å². The number of anilines is 1. The second-order valence-electron chi connectivity index (χ2n) is 5.13. The number of methoxy groups -OCH3 is 1. The van der Waals surface area contributed by atoms with Crippen LogP contribution in [0.1, 0.15) is 17.4 Å². The van der Waals surface area contributed by atoms with Gasteiger partial charge in [0.2, 0.25) is 5.88 Å². The lowest BCUT2D eigenvalue weighted by molar-refractivity contribution is 0.0952. The highest BCUT2D eigenvalue weighted by atomic mass is 16.5. The molecule has 3 rings (SSSR count). The molecule has 0 saturated heterocycles. The summed E-state index contributed by atoms with van der Waals surface area (Å²) < 4.78 is 12.4. The van der Waals surface area contributed by atoms with Gasteiger partial charge in [0.1, 0.15) is 11.8 Å². The fourth-order valence-corrected chi connectivity index (χ4v) is 2.38. The molecule has 1 aliphatic heterocycles. The Kier molecular flexibility index (Phi) is 4.06. The van der Waals surface area contributed by atoms with Crippen LogP contribution in [-0.2, 0) is 11.3 Å². The summed E-state index contributed by atoms with van der Waals surface area (Å²) >= 11 is 0. The third-order valence-electron chi connectivity index (χ3n) is 3.42. The van der Waals surface area contributed by atoms with Crippen molar-refractivity contribution >= 4 is 11.6 Å². The Morgan fingerprint density at radius 2 is 2.36 bits per heavy atom. The van der Waals surface area contributed by atoms with E-state index in [0.29, 0.717) is 37.0 Å². The van der Waals surface area contributed by atoms with Gasteiger partial charge in [-0.3, -0.25) is 14.4 Å². The zero-order valence-corrected chi connectivity index (χ0v) is 12.6. The van der Waals surface area contributed by atoms with Gasteiger partial charge >= 0.3 is 0 Å². The van der Waals surface area contributed by atoms with Crippen molar-refractivity contribution in [2.75, 3.05) is 25.2 Å². The van der Waals surface area contributed by atoms with Crippen molar-refractivity contribution in [3.8, 4) is 5.88 Å². The molecule has 1 amide bonds. The van der Waals surface area contributed by atoms with Crippen LogP contribution in [0, 0.1) is 0 Å². The molecule has 1 atom stereocenters. The third kappa shape index (κ3) is 2.80. The number of carbonyl (C=O) groups excluding carboxylic acids is 1. The number of carbonyl (C=O) groups is 1. The summed E-state index contributed by atoms with van der Waals surface area (Å²) in [5, 5.41) is 4.31. The number of ether oxygens (including phenoxy) is 2. The fraction of sp³-hybridized carbons (Fsp3) is 0.400. The zero-order chi connectivity index (χ0) is 15.5. The molecule has 7 nitrogen and oxygen atoms in total. The first kappa shape index (κ1) is 14.5. The number of fused-ring (bicyclic) bond motifs is 1. The standard InChI is InChI=1S/C15H18N4O3/c1-11-10-19(13-4-3-6-16-14(13)22-11)15(20)12-5-7-18(17-12)8-9-21-2/h3-7,11H,8-10H2,1-2H3. The number of nitrogens with zero attached hydrogens (tertiary/aromatic N) is 4. The van der Waals surface area contributed by atoms with E-state index in [1.165, 1.54) is 0 Å². The molecule has 0 fully saturated rings. The summed E-state index contributed by atoms with van der Waals surface area (Å²) in [6.07, 6.45) is 3.32. The largest absolute Gasteiger partial charge is 0.471 e. The highest BCUT2D eigenvalue weighted by Gasteiger charge is 2.30. The van der Waals surface area contributed by atoms with Crippen LogP contribution in [-0.4, -0.2) is 47.0 Å². The molecule has 0 bridgehead atoms. The minimum absolute atomic E-state index is 0.109. The third-order valence-corrected chi connectivity index (χ3v) is 3.42. The number of hydrogen-bond acceptors (Lipinski definition) is 5. The van der Waals surface area contributed by atoms with Gasteiger partial charge in [-0.15, -0.1) is 0 Å². The maximum Gasteiger partial charge on any atom is 0.279 e. The van der Waals surface area contributed by atoms with E-state index in [4.69, 9.17) is 9.47 Å². The van der Waals surface area contributed by atoms with E-state index in [2.05, 4.69) is 10.1 Å². The maximum absolute atomic E-state index is 12.7. The van der Waals surface area contributed by atoms with E-state index in [-0.39, 0.29) is 12.0 Å². The first-order chi connectivity index (χ1) is 10.7. The number of pyridine rings is 1. The maximum atomic E-state index is 12.7. The molecule has 0 aliphatic carbocycles. The van der Waals surface area contributed by atoms with Crippen molar-refractivity contribution in [3.05, 3.63) is 36.3 Å². The molecule has 116 valence electrons. The Bertz CT molecular complexity index is 670. The summed E-state index contributed by atoms with van der Waals surface area (Å²) in [5.41, 5.74) is 1.08. The fourth-order valence-electron chi connectivity index (χ4n) is 2.38. The van der Waals surface area contributed by atoms with E-state index < -0.39 is 0 Å². The summed E-state index contributed by atoms with van der Waals surface area (Å²) in [6.45, 7) is 3.55. The lowest BCUT2D eigenvalue weighted by Gasteiger charge is -2.31. The van der Waals surface area contributed by atoms with Gasteiger partial charge in [-0.2, -0.15) is 5.10 Å². The smallest absolute Gasteiger partial charge is 0.279 e. The summed E-state index contributed by atoms with van der Waals surface area (Å²) in [4.78, 5) is 18.6. The second kappa shape index (κ2) is 6.15. The number of hydrogen-bond donors (Lipinski definition) is 0. The van der Waals surface area contributed by atoms with Gasteiger partial charge in [-0.1, -0.05) is 0 Å². The number of aromatic nitrogens is 3. The van der Waals surface area contributed by atoms with E-state index in [9.17, 15) is 4.79 Å². The minimum atomic E-state index is -0.152. The number of rotatable bonds is 4. The van der Waals surface area contributed by atoms with E-state index in [1.54, 1.807) is 41.2 Å². The predicted octanol–water partition coefficient (Wildman–Crippen LogP) is 1.35. The first-order valence-corrected chi connectivity index (χ1v) is 7.15. The zero-order valence-electron chi connectivity index (χ0n) is 12.6. The predicted molar refractivity (Wildman–Crippen MR) is 80.1 cm³/mol. The van der Waals surface area contributed by atoms with Crippen LogP contribution in [0.15, 0.2) is 30.6 Å². The average Bonchev–Trinajstić information content (AvgIpc) is 3.00. The van der Waals surface area contributed by atoms with Crippen molar-refractivity contribution in [1.82, 2.24) is 14.8 Å². The molecule has 1 aliphatic rings. The van der Waals surface area contributed by atoms with Crippen LogP contribution in [0.4, 0.5) is 5.69 Å². The van der Waals surface area contributed by atoms with Crippen LogP contribution in [0.3, 0.4) is 0 Å². The van der Waals surface area contributed by atoms with Gasteiger partial charge in [0.25, 0.3) is 5.91 Å². The monoisotopic (exact) mass is 302 g/mol. The molecule has 0 radical (unpaired) electrons. The highest BCUT2D eigenvalue weighted by molar-refractivity contribution is 6.05.